The van der Waals surface area contributed by atoms with Crippen LogP contribution < -0.4 is 33.2 Å². The van der Waals surface area contributed by atoms with Gasteiger partial charge in [-0.1, -0.05) is 50.6 Å². The van der Waals surface area contributed by atoms with E-state index in [0.29, 0.717) is 6.42 Å². The number of primary amides is 2. The first-order valence-electron chi connectivity index (χ1n) is 11.9. The molecule has 0 aliphatic carbocycles. The van der Waals surface area contributed by atoms with E-state index in [1.54, 1.807) is 44.2 Å². The first kappa shape index (κ1) is 31.0. The predicted octanol–water partition coefficient (Wildman–Crippen LogP) is -1.72. The average molecular weight is 521 g/mol. The van der Waals surface area contributed by atoms with Gasteiger partial charge in [-0.2, -0.15) is 0 Å². The summed E-state index contributed by atoms with van der Waals surface area (Å²) >= 11 is 0. The van der Waals surface area contributed by atoms with Gasteiger partial charge in [-0.25, -0.2) is 4.79 Å². The van der Waals surface area contributed by atoms with Crippen molar-refractivity contribution in [1.29, 1.82) is 0 Å². The van der Waals surface area contributed by atoms with E-state index in [9.17, 15) is 33.9 Å². The van der Waals surface area contributed by atoms with Crippen LogP contribution in [-0.2, 0) is 35.2 Å². The van der Waals surface area contributed by atoms with Gasteiger partial charge in [0.2, 0.25) is 29.5 Å². The van der Waals surface area contributed by atoms with Crippen LogP contribution in [0.25, 0.3) is 0 Å². The topological polar surface area (TPSA) is 237 Å². The average Bonchev–Trinajstić information content (AvgIpc) is 2.83. The lowest BCUT2D eigenvalue weighted by Crippen LogP contribution is -2.58. The molecule has 0 saturated carbocycles. The highest BCUT2D eigenvalue weighted by Gasteiger charge is 2.32. The molecule has 0 fully saturated rings. The lowest BCUT2D eigenvalue weighted by molar-refractivity contribution is -0.144. The number of hydrogen-bond donors (Lipinski definition) is 7. The van der Waals surface area contributed by atoms with E-state index in [0.717, 1.165) is 5.56 Å². The summed E-state index contributed by atoms with van der Waals surface area (Å²) in [5, 5.41) is 16.5. The molecule has 0 bridgehead atoms. The van der Waals surface area contributed by atoms with Gasteiger partial charge >= 0.3 is 5.97 Å². The number of rotatable bonds is 16. The fourth-order valence-corrected chi connectivity index (χ4v) is 3.41. The fraction of sp³-hybridized carbons (Fsp3) is 0.500. The molecule has 0 aliphatic rings. The van der Waals surface area contributed by atoms with Crippen LogP contribution in [0.4, 0.5) is 0 Å². The zero-order valence-corrected chi connectivity index (χ0v) is 20.9. The molecule has 1 aromatic rings. The minimum Gasteiger partial charge on any atom is -0.480 e. The molecule has 1 aromatic carbocycles. The van der Waals surface area contributed by atoms with Crippen LogP contribution in [0.15, 0.2) is 30.3 Å². The highest BCUT2D eigenvalue weighted by atomic mass is 16.4. The zero-order chi connectivity index (χ0) is 28.1. The molecular formula is C24H36N6O7. The van der Waals surface area contributed by atoms with Crippen molar-refractivity contribution < 1.29 is 33.9 Å². The van der Waals surface area contributed by atoms with Crippen molar-refractivity contribution >= 4 is 35.5 Å². The van der Waals surface area contributed by atoms with Gasteiger partial charge in [0.25, 0.3) is 0 Å². The van der Waals surface area contributed by atoms with Crippen LogP contribution in [0, 0.1) is 5.92 Å². The maximum atomic E-state index is 13.0. The van der Waals surface area contributed by atoms with E-state index in [4.69, 9.17) is 17.2 Å². The van der Waals surface area contributed by atoms with Gasteiger partial charge in [-0.3, -0.25) is 24.0 Å². The Balaban J connectivity index is 3.02. The molecule has 0 saturated heterocycles. The largest absolute Gasteiger partial charge is 0.480 e. The first-order chi connectivity index (χ1) is 17.3. The van der Waals surface area contributed by atoms with Crippen molar-refractivity contribution in [3.05, 3.63) is 35.9 Å². The summed E-state index contributed by atoms with van der Waals surface area (Å²) in [5.74, 6) is -5.90. The minimum atomic E-state index is -1.47. The van der Waals surface area contributed by atoms with Crippen LogP contribution >= 0.6 is 0 Å². The Morgan fingerprint density at radius 1 is 0.865 bits per heavy atom. The van der Waals surface area contributed by atoms with E-state index in [2.05, 4.69) is 16.0 Å². The van der Waals surface area contributed by atoms with Crippen LogP contribution in [-0.4, -0.2) is 64.8 Å². The highest BCUT2D eigenvalue weighted by Crippen LogP contribution is 2.10. The summed E-state index contributed by atoms with van der Waals surface area (Å²) in [6.45, 7) is 3.38. The van der Waals surface area contributed by atoms with Crippen LogP contribution in [0.3, 0.4) is 0 Å². The quantitative estimate of drug-likeness (QED) is 0.132. The molecule has 5 unspecified atom stereocenters. The molecule has 0 aromatic heterocycles. The van der Waals surface area contributed by atoms with Crippen molar-refractivity contribution in [1.82, 2.24) is 16.0 Å². The van der Waals surface area contributed by atoms with Gasteiger partial charge in [-0.15, -0.1) is 0 Å². The zero-order valence-electron chi connectivity index (χ0n) is 20.9. The number of hydrogen-bond acceptors (Lipinski definition) is 7. The molecule has 10 N–H and O–H groups in total. The second-order valence-electron chi connectivity index (χ2n) is 8.80. The third-order valence-electron chi connectivity index (χ3n) is 5.76. The van der Waals surface area contributed by atoms with Crippen molar-refractivity contribution in [2.75, 3.05) is 0 Å². The molecular weight excluding hydrogens is 484 g/mol. The molecule has 0 radical (unpaired) electrons. The van der Waals surface area contributed by atoms with Gasteiger partial charge in [0, 0.05) is 6.42 Å². The van der Waals surface area contributed by atoms with Crippen LogP contribution in [0.2, 0.25) is 0 Å². The maximum absolute atomic E-state index is 13.0. The van der Waals surface area contributed by atoms with E-state index in [-0.39, 0.29) is 19.3 Å². The van der Waals surface area contributed by atoms with Gasteiger partial charge in [0.1, 0.15) is 18.1 Å². The molecule has 13 heteroatoms. The standard InChI is InChI=1S/C24H36N6O7/c1-3-13(2)20(24(36)37)30-22(34)16(9-10-18(26)31)28-23(35)17(12-19(27)32)29-21(33)15(25)11-14-7-5-4-6-8-14/h4-8,13,15-17,20H,3,9-12,25H2,1-2H3,(H2,26,31)(H2,27,32)(H,28,35)(H,29,33)(H,30,34)(H,36,37). The number of nitrogens with two attached hydrogens (primary N) is 3. The third-order valence-corrected chi connectivity index (χ3v) is 5.76. The number of amides is 5. The summed E-state index contributed by atoms with van der Waals surface area (Å²) in [6, 6.07) is 3.74. The minimum absolute atomic E-state index is 0.160. The van der Waals surface area contributed by atoms with E-state index in [1.807, 2.05) is 0 Å². The Bertz CT molecular complexity index is 972. The van der Waals surface area contributed by atoms with Crippen LogP contribution in [0.5, 0.6) is 0 Å². The van der Waals surface area contributed by atoms with Crippen LogP contribution in [0.1, 0.15) is 45.1 Å². The number of carboxylic acids is 1. The van der Waals surface area contributed by atoms with Crippen molar-refractivity contribution in [3.63, 3.8) is 0 Å². The Hall–Kier alpha value is -4.00. The SMILES string of the molecule is CCC(C)C(NC(=O)C(CCC(N)=O)NC(=O)C(CC(N)=O)NC(=O)C(N)Cc1ccccc1)C(=O)O. The van der Waals surface area contributed by atoms with E-state index in [1.165, 1.54) is 0 Å². The maximum Gasteiger partial charge on any atom is 0.326 e. The first-order valence-corrected chi connectivity index (χ1v) is 11.9. The molecule has 5 atom stereocenters. The monoisotopic (exact) mass is 520 g/mol. The van der Waals surface area contributed by atoms with Crippen molar-refractivity contribution in [2.24, 2.45) is 23.1 Å². The molecule has 1 rings (SSSR count). The summed E-state index contributed by atoms with van der Waals surface area (Å²) in [6.07, 6.45) is -0.526. The Morgan fingerprint density at radius 2 is 1.43 bits per heavy atom. The Morgan fingerprint density at radius 3 is 1.95 bits per heavy atom. The highest BCUT2D eigenvalue weighted by molar-refractivity contribution is 5.96. The van der Waals surface area contributed by atoms with Gasteiger partial charge in [-0.05, 0) is 24.3 Å². The molecule has 37 heavy (non-hydrogen) atoms. The summed E-state index contributed by atoms with van der Waals surface area (Å²) in [7, 11) is 0. The van der Waals surface area contributed by atoms with E-state index < -0.39 is 72.0 Å². The third kappa shape index (κ3) is 11.1. The Labute approximate surface area is 214 Å². The summed E-state index contributed by atoms with van der Waals surface area (Å²) < 4.78 is 0. The molecule has 0 spiro atoms. The normalized spacial score (nSPS) is 14.8. The number of carbonyl (C=O) groups is 6. The fourth-order valence-electron chi connectivity index (χ4n) is 3.41. The number of benzene rings is 1. The summed E-state index contributed by atoms with van der Waals surface area (Å²) in [4.78, 5) is 73.0. The Kier molecular flexibility index (Phi) is 12.7. The smallest absolute Gasteiger partial charge is 0.326 e. The van der Waals surface area contributed by atoms with Gasteiger partial charge in [0.15, 0.2) is 0 Å². The molecule has 13 nitrogen and oxygen atoms in total. The second kappa shape index (κ2) is 15.2. The predicted molar refractivity (Wildman–Crippen MR) is 133 cm³/mol. The lowest BCUT2D eigenvalue weighted by atomic mass is 9.98. The number of nitrogens with one attached hydrogen (secondary N) is 3. The number of carboxylic acid groups (broad SMARTS) is 1. The number of aliphatic carboxylic acids is 1. The molecule has 5 amide bonds. The summed E-state index contributed by atoms with van der Waals surface area (Å²) in [5.41, 5.74) is 17.1. The van der Waals surface area contributed by atoms with Gasteiger partial charge < -0.3 is 38.3 Å². The number of carbonyl (C=O) groups excluding carboxylic acids is 5. The molecule has 204 valence electrons. The molecule has 0 heterocycles. The molecule has 0 aliphatic heterocycles. The van der Waals surface area contributed by atoms with Crippen molar-refractivity contribution in [2.45, 2.75) is 70.1 Å². The lowest BCUT2D eigenvalue weighted by Gasteiger charge is -2.26. The van der Waals surface area contributed by atoms with E-state index >= 15 is 0 Å². The second-order valence-corrected chi connectivity index (χ2v) is 8.80. The van der Waals surface area contributed by atoms with Gasteiger partial charge in [0.05, 0.1) is 12.5 Å². The van der Waals surface area contributed by atoms with Crippen molar-refractivity contribution in [3.8, 4) is 0 Å².